The number of ether oxygens (including phenoxy) is 1. The Balaban J connectivity index is 0.00000225. The van der Waals surface area contributed by atoms with Gasteiger partial charge in [0.05, 0.1) is 13.7 Å². The summed E-state index contributed by atoms with van der Waals surface area (Å²) < 4.78 is 5.03. The Morgan fingerprint density at radius 2 is 1.94 bits per heavy atom. The number of hydrogen-bond acceptors (Lipinski definition) is 3. The number of nitrogens with zero attached hydrogens (tertiary/aromatic N) is 1. The van der Waals surface area contributed by atoms with Crippen LogP contribution in [0.2, 0.25) is 0 Å². The third-order valence-electron chi connectivity index (χ3n) is 2.02. The van der Waals surface area contributed by atoms with Crippen molar-refractivity contribution in [2.75, 3.05) is 20.7 Å². The first kappa shape index (κ1) is 14.7. The van der Waals surface area contributed by atoms with Crippen molar-refractivity contribution in [3.8, 4) is 5.75 Å². The van der Waals surface area contributed by atoms with Crippen LogP contribution in [0.1, 0.15) is 5.56 Å². The highest BCUT2D eigenvalue weighted by Gasteiger charge is 2.04. The molecule has 0 atom stereocenters. The van der Waals surface area contributed by atoms with Gasteiger partial charge in [0, 0.05) is 6.54 Å². The van der Waals surface area contributed by atoms with Gasteiger partial charge in [0.1, 0.15) is 5.75 Å². The summed E-state index contributed by atoms with van der Waals surface area (Å²) in [6.07, 6.45) is 0. The van der Waals surface area contributed by atoms with Gasteiger partial charge in [-0.15, -0.1) is 12.4 Å². The summed E-state index contributed by atoms with van der Waals surface area (Å²) >= 11 is 0. The highest BCUT2D eigenvalue weighted by atomic mass is 35.5. The van der Waals surface area contributed by atoms with Gasteiger partial charge in [-0.1, -0.05) is 12.1 Å². The van der Waals surface area contributed by atoms with E-state index >= 15 is 0 Å². The largest absolute Gasteiger partial charge is 0.497 e. The van der Waals surface area contributed by atoms with Gasteiger partial charge in [-0.2, -0.15) is 0 Å². The lowest BCUT2D eigenvalue weighted by Gasteiger charge is -2.13. The van der Waals surface area contributed by atoms with E-state index in [4.69, 9.17) is 9.84 Å². The van der Waals surface area contributed by atoms with Gasteiger partial charge in [-0.05, 0) is 24.7 Å². The minimum Gasteiger partial charge on any atom is -0.497 e. The van der Waals surface area contributed by atoms with Gasteiger partial charge in [-0.25, -0.2) is 0 Å². The van der Waals surface area contributed by atoms with E-state index < -0.39 is 5.97 Å². The molecule has 1 N–H and O–H groups in total. The second kappa shape index (κ2) is 7.09. The van der Waals surface area contributed by atoms with Crippen LogP contribution in [0, 0.1) is 0 Å². The highest BCUT2D eigenvalue weighted by Crippen LogP contribution is 2.12. The van der Waals surface area contributed by atoms with Crippen molar-refractivity contribution in [3.63, 3.8) is 0 Å². The highest BCUT2D eigenvalue weighted by molar-refractivity contribution is 5.85. The topological polar surface area (TPSA) is 49.8 Å². The van der Waals surface area contributed by atoms with Crippen molar-refractivity contribution in [1.82, 2.24) is 4.90 Å². The van der Waals surface area contributed by atoms with Crippen LogP contribution in [0.25, 0.3) is 0 Å². The molecule has 0 radical (unpaired) electrons. The van der Waals surface area contributed by atoms with Crippen molar-refractivity contribution in [2.24, 2.45) is 0 Å². The number of benzene rings is 1. The number of carboxylic acids is 1. The number of carboxylic acid groups (broad SMARTS) is 1. The van der Waals surface area contributed by atoms with E-state index in [-0.39, 0.29) is 19.0 Å². The van der Waals surface area contributed by atoms with Crippen LogP contribution in [0.3, 0.4) is 0 Å². The molecule has 0 spiro atoms. The molecule has 1 aromatic carbocycles. The molecule has 0 heterocycles. The zero-order valence-corrected chi connectivity index (χ0v) is 10.2. The van der Waals surface area contributed by atoms with Crippen molar-refractivity contribution < 1.29 is 14.6 Å². The molecule has 0 aliphatic heterocycles. The summed E-state index contributed by atoms with van der Waals surface area (Å²) in [6, 6.07) is 7.59. The molecule has 0 aliphatic rings. The van der Waals surface area contributed by atoms with Crippen LogP contribution < -0.4 is 4.74 Å². The minimum absolute atomic E-state index is 0. The first-order valence-corrected chi connectivity index (χ1v) is 4.65. The van der Waals surface area contributed by atoms with Crippen LogP contribution in [0.4, 0.5) is 0 Å². The summed E-state index contributed by atoms with van der Waals surface area (Å²) in [7, 11) is 3.39. The van der Waals surface area contributed by atoms with Crippen LogP contribution in [-0.2, 0) is 11.3 Å². The summed E-state index contributed by atoms with van der Waals surface area (Å²) in [5.74, 6) is -0.00866. The Labute approximate surface area is 101 Å². The second-order valence-corrected chi connectivity index (χ2v) is 3.41. The Morgan fingerprint density at radius 3 is 2.38 bits per heavy atom. The van der Waals surface area contributed by atoms with Crippen molar-refractivity contribution in [3.05, 3.63) is 29.8 Å². The molecule has 4 nitrogen and oxygen atoms in total. The maximum Gasteiger partial charge on any atom is 0.317 e. The summed E-state index contributed by atoms with van der Waals surface area (Å²) in [4.78, 5) is 12.2. The molecule has 1 rings (SSSR count). The number of methoxy groups -OCH3 is 1. The van der Waals surface area contributed by atoms with Crippen LogP contribution in [0.15, 0.2) is 24.3 Å². The molecule has 0 fully saturated rings. The predicted molar refractivity (Wildman–Crippen MR) is 64.2 cm³/mol. The number of likely N-dealkylation sites (N-methyl/N-ethyl adjacent to an activating group) is 1. The average Bonchev–Trinajstić information content (AvgIpc) is 2.17. The molecule has 0 amide bonds. The van der Waals surface area contributed by atoms with E-state index in [1.165, 1.54) is 0 Å². The van der Waals surface area contributed by atoms with Crippen molar-refractivity contribution >= 4 is 18.4 Å². The van der Waals surface area contributed by atoms with Crippen molar-refractivity contribution in [1.29, 1.82) is 0 Å². The second-order valence-electron chi connectivity index (χ2n) is 3.41. The van der Waals surface area contributed by atoms with Crippen LogP contribution in [-0.4, -0.2) is 36.7 Å². The molecule has 0 saturated carbocycles. The number of aliphatic carboxylic acids is 1. The summed E-state index contributed by atoms with van der Waals surface area (Å²) in [6.45, 7) is 0.669. The average molecular weight is 246 g/mol. The molecule has 5 heteroatoms. The lowest BCUT2D eigenvalue weighted by molar-refractivity contribution is -0.138. The summed E-state index contributed by atoms with van der Waals surface area (Å²) in [5.41, 5.74) is 1.07. The minimum atomic E-state index is -0.814. The van der Waals surface area contributed by atoms with Gasteiger partial charge in [0.25, 0.3) is 0 Å². The Kier molecular flexibility index (Phi) is 6.53. The van der Waals surface area contributed by atoms with E-state index in [9.17, 15) is 4.79 Å². The fourth-order valence-corrected chi connectivity index (χ4v) is 1.33. The fourth-order valence-electron chi connectivity index (χ4n) is 1.33. The molecule has 90 valence electrons. The van der Waals surface area contributed by atoms with Gasteiger partial charge < -0.3 is 9.84 Å². The molecule has 0 saturated heterocycles. The number of halogens is 1. The maximum atomic E-state index is 10.4. The number of hydrogen-bond donors (Lipinski definition) is 1. The SMILES string of the molecule is COc1ccc(CN(C)CC(=O)O)cc1.Cl. The van der Waals surface area contributed by atoms with Gasteiger partial charge in [0.2, 0.25) is 0 Å². The van der Waals surface area contributed by atoms with Crippen LogP contribution in [0.5, 0.6) is 5.75 Å². The normalized spacial score (nSPS) is 9.69. The lowest BCUT2D eigenvalue weighted by atomic mass is 10.2. The molecule has 16 heavy (non-hydrogen) atoms. The molecular weight excluding hydrogens is 230 g/mol. The zero-order valence-electron chi connectivity index (χ0n) is 9.34. The Bertz CT molecular complexity index is 327. The predicted octanol–water partition coefficient (Wildman–Crippen LogP) is 1.63. The molecule has 0 aliphatic carbocycles. The van der Waals surface area contributed by atoms with Crippen molar-refractivity contribution in [2.45, 2.75) is 6.54 Å². The number of rotatable bonds is 5. The van der Waals surface area contributed by atoms with E-state index in [2.05, 4.69) is 0 Å². The monoisotopic (exact) mass is 245 g/mol. The maximum absolute atomic E-state index is 10.4. The fraction of sp³-hybridized carbons (Fsp3) is 0.364. The first-order valence-electron chi connectivity index (χ1n) is 4.65. The zero-order chi connectivity index (χ0) is 11.3. The molecular formula is C11H16ClNO3. The van der Waals surface area contributed by atoms with Crippen LogP contribution >= 0.6 is 12.4 Å². The third-order valence-corrected chi connectivity index (χ3v) is 2.02. The van der Waals surface area contributed by atoms with Gasteiger partial charge >= 0.3 is 5.97 Å². The molecule has 0 aromatic heterocycles. The Morgan fingerprint density at radius 1 is 1.38 bits per heavy atom. The van der Waals surface area contributed by atoms with E-state index in [0.29, 0.717) is 6.54 Å². The van der Waals surface area contributed by atoms with Gasteiger partial charge in [-0.3, -0.25) is 9.69 Å². The Hall–Kier alpha value is -1.26. The summed E-state index contributed by atoms with van der Waals surface area (Å²) in [5, 5.41) is 8.58. The first-order chi connectivity index (χ1) is 7.11. The quantitative estimate of drug-likeness (QED) is 0.857. The van der Waals surface area contributed by atoms with E-state index in [1.54, 1.807) is 19.1 Å². The third kappa shape index (κ3) is 5.00. The number of carbonyl (C=O) groups is 1. The molecule has 0 bridgehead atoms. The molecule has 0 unspecified atom stereocenters. The molecule has 1 aromatic rings. The van der Waals surface area contributed by atoms with E-state index in [1.807, 2.05) is 24.3 Å². The standard InChI is InChI=1S/C11H15NO3.ClH/c1-12(8-11(13)14)7-9-3-5-10(15-2)6-4-9;/h3-6H,7-8H2,1-2H3,(H,13,14);1H. The lowest BCUT2D eigenvalue weighted by Crippen LogP contribution is -2.24. The van der Waals surface area contributed by atoms with Gasteiger partial charge in [0.15, 0.2) is 0 Å². The smallest absolute Gasteiger partial charge is 0.317 e. The van der Waals surface area contributed by atoms with E-state index in [0.717, 1.165) is 11.3 Å².